The first-order chi connectivity index (χ1) is 7.79. The standard InChI is InChI=1S/C13H14N2O/c1-8-5-6-11-10(7-8)9-3-2-4-12(15-16)13(9)14-11/h5-7,14,16H,2-4H2,1H3/b15-12+. The molecule has 1 aromatic carbocycles. The summed E-state index contributed by atoms with van der Waals surface area (Å²) in [6.07, 6.45) is 2.99. The Morgan fingerprint density at radius 3 is 3.00 bits per heavy atom. The van der Waals surface area contributed by atoms with Gasteiger partial charge in [-0.05, 0) is 43.9 Å². The minimum absolute atomic E-state index is 0.787. The second kappa shape index (κ2) is 3.37. The molecule has 1 aliphatic rings. The molecule has 2 aromatic rings. The summed E-state index contributed by atoms with van der Waals surface area (Å²) in [5, 5.41) is 13.7. The fraction of sp³-hybridized carbons (Fsp3) is 0.308. The predicted octanol–water partition coefficient (Wildman–Crippen LogP) is 2.99. The number of rotatable bonds is 0. The van der Waals surface area contributed by atoms with Crippen LogP contribution in [-0.2, 0) is 6.42 Å². The van der Waals surface area contributed by atoms with Crippen molar-refractivity contribution in [3.63, 3.8) is 0 Å². The van der Waals surface area contributed by atoms with Crippen LogP contribution in [0.3, 0.4) is 0 Å². The number of aromatic nitrogens is 1. The van der Waals surface area contributed by atoms with Crippen LogP contribution in [0.4, 0.5) is 0 Å². The van der Waals surface area contributed by atoms with Gasteiger partial charge >= 0.3 is 0 Å². The van der Waals surface area contributed by atoms with Gasteiger partial charge in [-0.1, -0.05) is 16.8 Å². The molecule has 0 spiro atoms. The molecule has 0 saturated heterocycles. The van der Waals surface area contributed by atoms with Crippen molar-refractivity contribution in [2.24, 2.45) is 5.16 Å². The second-order valence-corrected chi connectivity index (χ2v) is 4.43. The largest absolute Gasteiger partial charge is 0.411 e. The van der Waals surface area contributed by atoms with E-state index in [1.54, 1.807) is 0 Å². The van der Waals surface area contributed by atoms with E-state index in [1.165, 1.54) is 16.5 Å². The third-order valence-corrected chi connectivity index (χ3v) is 3.31. The summed E-state index contributed by atoms with van der Waals surface area (Å²) >= 11 is 0. The molecular weight excluding hydrogens is 200 g/mol. The van der Waals surface area contributed by atoms with E-state index < -0.39 is 0 Å². The summed E-state index contributed by atoms with van der Waals surface area (Å²) in [6.45, 7) is 2.10. The molecule has 0 saturated carbocycles. The summed E-state index contributed by atoms with van der Waals surface area (Å²) in [5.41, 5.74) is 5.52. The number of fused-ring (bicyclic) bond motifs is 3. The van der Waals surface area contributed by atoms with Crippen LogP contribution in [0.5, 0.6) is 0 Å². The lowest BCUT2D eigenvalue weighted by molar-refractivity contribution is 0.317. The number of nitrogens with zero attached hydrogens (tertiary/aromatic N) is 1. The van der Waals surface area contributed by atoms with E-state index in [1.807, 2.05) is 0 Å². The molecule has 3 nitrogen and oxygen atoms in total. The van der Waals surface area contributed by atoms with Crippen LogP contribution < -0.4 is 0 Å². The first kappa shape index (κ1) is 9.46. The lowest BCUT2D eigenvalue weighted by atomic mass is 9.94. The van der Waals surface area contributed by atoms with Gasteiger partial charge in [0.25, 0.3) is 0 Å². The van der Waals surface area contributed by atoms with Crippen molar-refractivity contribution < 1.29 is 5.21 Å². The number of hydrogen-bond donors (Lipinski definition) is 2. The number of oxime groups is 1. The molecule has 16 heavy (non-hydrogen) atoms. The summed E-state index contributed by atoms with van der Waals surface area (Å²) in [7, 11) is 0. The Morgan fingerprint density at radius 1 is 1.31 bits per heavy atom. The van der Waals surface area contributed by atoms with Crippen LogP contribution in [0.15, 0.2) is 23.4 Å². The van der Waals surface area contributed by atoms with E-state index >= 15 is 0 Å². The maximum atomic E-state index is 8.99. The normalized spacial score (nSPS) is 17.9. The second-order valence-electron chi connectivity index (χ2n) is 4.43. The van der Waals surface area contributed by atoms with Gasteiger partial charge in [0.15, 0.2) is 0 Å². The zero-order chi connectivity index (χ0) is 11.1. The predicted molar refractivity (Wildman–Crippen MR) is 64.3 cm³/mol. The van der Waals surface area contributed by atoms with Crippen molar-refractivity contribution in [1.29, 1.82) is 0 Å². The summed E-state index contributed by atoms with van der Waals surface area (Å²) in [4.78, 5) is 3.35. The number of H-pyrrole nitrogens is 1. The van der Waals surface area contributed by atoms with Crippen molar-refractivity contribution in [2.75, 3.05) is 0 Å². The lowest BCUT2D eigenvalue weighted by Crippen LogP contribution is -2.10. The van der Waals surface area contributed by atoms with Gasteiger partial charge in [-0.3, -0.25) is 0 Å². The van der Waals surface area contributed by atoms with Crippen molar-refractivity contribution in [3.8, 4) is 0 Å². The highest BCUT2D eigenvalue weighted by molar-refractivity contribution is 6.06. The van der Waals surface area contributed by atoms with E-state index in [0.717, 1.165) is 36.2 Å². The minimum atomic E-state index is 0.787. The first-order valence-corrected chi connectivity index (χ1v) is 5.62. The Kier molecular flexibility index (Phi) is 1.99. The Balaban J connectivity index is 2.33. The third kappa shape index (κ3) is 1.24. The van der Waals surface area contributed by atoms with Gasteiger partial charge in [0.2, 0.25) is 0 Å². The highest BCUT2D eigenvalue weighted by Crippen LogP contribution is 2.29. The molecule has 0 amide bonds. The molecule has 82 valence electrons. The quantitative estimate of drug-likeness (QED) is 0.514. The monoisotopic (exact) mass is 214 g/mol. The molecule has 1 aromatic heterocycles. The van der Waals surface area contributed by atoms with E-state index in [-0.39, 0.29) is 0 Å². The summed E-state index contributed by atoms with van der Waals surface area (Å²) < 4.78 is 0. The van der Waals surface area contributed by atoms with E-state index in [4.69, 9.17) is 5.21 Å². The average molecular weight is 214 g/mol. The number of aromatic amines is 1. The number of benzene rings is 1. The molecule has 0 aliphatic heterocycles. The van der Waals surface area contributed by atoms with Gasteiger partial charge < -0.3 is 10.2 Å². The number of aryl methyl sites for hydroxylation is 2. The molecule has 0 atom stereocenters. The van der Waals surface area contributed by atoms with E-state index in [2.05, 4.69) is 35.3 Å². The van der Waals surface area contributed by atoms with Gasteiger partial charge in [-0.15, -0.1) is 0 Å². The molecule has 3 rings (SSSR count). The van der Waals surface area contributed by atoms with Crippen LogP contribution in [0.1, 0.15) is 29.7 Å². The van der Waals surface area contributed by atoms with Gasteiger partial charge in [0.05, 0.1) is 5.69 Å². The van der Waals surface area contributed by atoms with Crippen LogP contribution in [0, 0.1) is 6.92 Å². The molecule has 2 N–H and O–H groups in total. The molecular formula is C13H14N2O. The fourth-order valence-corrected chi connectivity index (χ4v) is 2.53. The smallest absolute Gasteiger partial charge is 0.103 e. The van der Waals surface area contributed by atoms with Crippen LogP contribution in [0.25, 0.3) is 10.9 Å². The Labute approximate surface area is 93.8 Å². The average Bonchev–Trinajstić information content (AvgIpc) is 2.67. The first-order valence-electron chi connectivity index (χ1n) is 5.62. The zero-order valence-electron chi connectivity index (χ0n) is 9.25. The van der Waals surface area contributed by atoms with Crippen LogP contribution in [0.2, 0.25) is 0 Å². The van der Waals surface area contributed by atoms with Crippen molar-refractivity contribution in [3.05, 3.63) is 35.0 Å². The number of hydrogen-bond acceptors (Lipinski definition) is 2. The highest BCUT2D eigenvalue weighted by Gasteiger charge is 2.20. The van der Waals surface area contributed by atoms with E-state index in [0.29, 0.717) is 0 Å². The maximum absolute atomic E-state index is 8.99. The van der Waals surface area contributed by atoms with Crippen molar-refractivity contribution in [1.82, 2.24) is 4.98 Å². The van der Waals surface area contributed by atoms with Gasteiger partial charge in [0, 0.05) is 10.9 Å². The molecule has 1 heterocycles. The van der Waals surface area contributed by atoms with E-state index in [9.17, 15) is 0 Å². The van der Waals surface area contributed by atoms with Crippen LogP contribution in [-0.4, -0.2) is 15.9 Å². The topological polar surface area (TPSA) is 48.4 Å². The van der Waals surface area contributed by atoms with Crippen molar-refractivity contribution in [2.45, 2.75) is 26.2 Å². The van der Waals surface area contributed by atoms with Gasteiger partial charge in [-0.2, -0.15) is 0 Å². The minimum Gasteiger partial charge on any atom is -0.411 e. The summed E-state index contributed by atoms with van der Waals surface area (Å²) in [5.74, 6) is 0. The molecule has 0 unspecified atom stereocenters. The van der Waals surface area contributed by atoms with Crippen LogP contribution >= 0.6 is 0 Å². The molecule has 3 heteroatoms. The van der Waals surface area contributed by atoms with Gasteiger partial charge in [-0.25, -0.2) is 0 Å². The Bertz CT molecular complexity index is 581. The lowest BCUT2D eigenvalue weighted by Gasteiger charge is -2.12. The maximum Gasteiger partial charge on any atom is 0.103 e. The molecule has 1 aliphatic carbocycles. The highest BCUT2D eigenvalue weighted by atomic mass is 16.4. The Hall–Kier alpha value is -1.77. The molecule has 0 bridgehead atoms. The number of nitrogens with one attached hydrogen (secondary N) is 1. The zero-order valence-corrected chi connectivity index (χ0v) is 9.25. The van der Waals surface area contributed by atoms with Crippen molar-refractivity contribution >= 4 is 16.6 Å². The third-order valence-electron chi connectivity index (χ3n) is 3.31. The van der Waals surface area contributed by atoms with Gasteiger partial charge in [0.1, 0.15) is 5.71 Å². The Morgan fingerprint density at radius 2 is 2.19 bits per heavy atom. The summed E-state index contributed by atoms with van der Waals surface area (Å²) in [6, 6.07) is 6.39. The molecule has 0 radical (unpaired) electrons. The fourth-order valence-electron chi connectivity index (χ4n) is 2.53. The SMILES string of the molecule is Cc1ccc2[nH]c3c(c2c1)CCC/C3=N\O. The molecule has 0 fully saturated rings.